The molecule has 1 amide bonds. The van der Waals surface area contributed by atoms with E-state index in [1.54, 1.807) is 27.7 Å². The van der Waals surface area contributed by atoms with E-state index in [2.05, 4.69) is 37.7 Å². The molecule has 5 rings (SSSR count). The molecule has 0 saturated heterocycles. The number of aryl methyl sites for hydroxylation is 1. The molecule has 1 atom stereocenters. The van der Waals surface area contributed by atoms with Crippen LogP contribution in [0.1, 0.15) is 47.3 Å². The van der Waals surface area contributed by atoms with Crippen molar-refractivity contribution >= 4 is 46.1 Å². The van der Waals surface area contributed by atoms with Crippen molar-refractivity contribution in [3.63, 3.8) is 0 Å². The first-order valence-electron chi connectivity index (χ1n) is 9.81. The predicted molar refractivity (Wildman–Crippen MR) is 118 cm³/mol. The highest BCUT2D eigenvalue weighted by Gasteiger charge is 2.34. The number of carbonyl (C=O) groups is 1. The number of hydrazone groups is 1. The molecule has 0 spiro atoms. The van der Waals surface area contributed by atoms with Gasteiger partial charge in [0.05, 0.1) is 22.4 Å². The Morgan fingerprint density at radius 2 is 2.03 bits per heavy atom. The molecule has 29 heavy (non-hydrogen) atoms. The van der Waals surface area contributed by atoms with Crippen molar-refractivity contribution in [2.45, 2.75) is 49.8 Å². The van der Waals surface area contributed by atoms with Gasteiger partial charge in [0.1, 0.15) is 5.82 Å². The van der Waals surface area contributed by atoms with Gasteiger partial charge in [-0.25, -0.2) is 5.01 Å². The van der Waals surface area contributed by atoms with Gasteiger partial charge in [0.2, 0.25) is 0 Å². The van der Waals surface area contributed by atoms with E-state index in [-0.39, 0.29) is 11.9 Å². The average Bonchev–Trinajstić information content (AvgIpc) is 3.51. The van der Waals surface area contributed by atoms with Gasteiger partial charge in [0.25, 0.3) is 5.91 Å². The second-order valence-electron chi connectivity index (χ2n) is 7.15. The Kier molecular flexibility index (Phi) is 5.52. The number of amides is 1. The third kappa shape index (κ3) is 3.91. The zero-order chi connectivity index (χ0) is 19.6. The summed E-state index contributed by atoms with van der Waals surface area (Å²) in [6.45, 7) is 0.946. The van der Waals surface area contributed by atoms with E-state index in [9.17, 15) is 4.79 Å². The van der Waals surface area contributed by atoms with Gasteiger partial charge in [0, 0.05) is 24.3 Å². The van der Waals surface area contributed by atoms with Crippen molar-refractivity contribution in [2.75, 3.05) is 5.75 Å². The second kappa shape index (κ2) is 8.41. The third-order valence-electron chi connectivity index (χ3n) is 5.24. The van der Waals surface area contributed by atoms with Gasteiger partial charge in [-0.15, -0.1) is 32.9 Å². The molecular formula is C20H21N5OS3. The number of hydrogen-bond acceptors (Lipinski definition) is 7. The fourth-order valence-electron chi connectivity index (χ4n) is 3.79. The van der Waals surface area contributed by atoms with Crippen LogP contribution >= 0.6 is 34.4 Å². The molecule has 2 aliphatic heterocycles. The van der Waals surface area contributed by atoms with E-state index in [1.807, 2.05) is 12.1 Å². The summed E-state index contributed by atoms with van der Waals surface area (Å²) in [5.74, 6) is 1.39. The number of rotatable bonds is 5. The van der Waals surface area contributed by atoms with Gasteiger partial charge in [-0.1, -0.05) is 30.3 Å². The highest BCUT2D eigenvalue weighted by molar-refractivity contribution is 7.99. The number of thioether (sulfide) groups is 1. The molecule has 150 valence electrons. The Hall–Kier alpha value is -1.97. The fraction of sp³-hybridized carbons (Fsp3) is 0.400. The molecule has 0 saturated carbocycles. The molecule has 0 fully saturated rings. The summed E-state index contributed by atoms with van der Waals surface area (Å²) in [5.41, 5.74) is 0.994. The maximum Gasteiger partial charge on any atom is 0.253 e. The van der Waals surface area contributed by atoms with Crippen LogP contribution in [0.5, 0.6) is 0 Å². The Balaban J connectivity index is 1.34. The van der Waals surface area contributed by atoms with E-state index in [0.29, 0.717) is 5.75 Å². The molecule has 6 nitrogen and oxygen atoms in total. The van der Waals surface area contributed by atoms with Crippen molar-refractivity contribution in [2.24, 2.45) is 5.10 Å². The number of aromatic nitrogens is 3. The monoisotopic (exact) mass is 443 g/mol. The molecule has 0 radical (unpaired) electrons. The molecule has 0 unspecified atom stereocenters. The Morgan fingerprint density at radius 3 is 2.86 bits per heavy atom. The summed E-state index contributed by atoms with van der Waals surface area (Å²) in [5, 5.41) is 20.1. The van der Waals surface area contributed by atoms with Crippen molar-refractivity contribution in [1.82, 2.24) is 19.8 Å². The smallest absolute Gasteiger partial charge is 0.253 e. The third-order valence-corrected chi connectivity index (χ3v) is 8.09. The second-order valence-corrected chi connectivity index (χ2v) is 10.0. The van der Waals surface area contributed by atoms with E-state index in [0.717, 1.165) is 53.8 Å². The van der Waals surface area contributed by atoms with Crippen molar-refractivity contribution in [1.29, 1.82) is 0 Å². The normalized spacial score (nSPS) is 19.1. The lowest BCUT2D eigenvalue weighted by molar-refractivity contribution is -0.130. The van der Waals surface area contributed by atoms with E-state index < -0.39 is 0 Å². The van der Waals surface area contributed by atoms with Crippen LogP contribution in [0.25, 0.3) is 0 Å². The average molecular weight is 444 g/mol. The molecule has 2 aliphatic rings. The summed E-state index contributed by atoms with van der Waals surface area (Å²) < 4.78 is 2.19. The molecule has 0 N–H and O–H groups in total. The lowest BCUT2D eigenvalue weighted by Gasteiger charge is -2.20. The number of hydrogen-bond donors (Lipinski definition) is 0. The van der Waals surface area contributed by atoms with E-state index in [1.165, 1.54) is 23.1 Å². The summed E-state index contributed by atoms with van der Waals surface area (Å²) in [4.78, 5) is 15.5. The zero-order valence-electron chi connectivity index (χ0n) is 15.9. The number of carbonyl (C=O) groups excluding carboxylic acids is 1. The number of thiophene rings is 2. The van der Waals surface area contributed by atoms with Gasteiger partial charge in [-0.3, -0.25) is 4.79 Å². The molecule has 9 heteroatoms. The summed E-state index contributed by atoms with van der Waals surface area (Å²) in [7, 11) is 0. The minimum Gasteiger partial charge on any atom is -0.306 e. The summed E-state index contributed by atoms with van der Waals surface area (Å²) >= 11 is 4.83. The first kappa shape index (κ1) is 19.0. The van der Waals surface area contributed by atoms with Gasteiger partial charge in [0.15, 0.2) is 5.16 Å². The zero-order valence-corrected chi connectivity index (χ0v) is 18.3. The minimum atomic E-state index is -0.0179. The molecule has 3 aromatic rings. The molecular weight excluding hydrogens is 422 g/mol. The standard InChI is InChI=1S/C20H21N5OS3/c26-19(13-29-20-22-21-18-8-2-1-3-9-24(18)20)25-15(17-7-5-11-28-17)12-14(23-25)16-6-4-10-27-16/h4-7,10-11,15H,1-3,8-9,12-13H2/t15-/m0/s1. The largest absolute Gasteiger partial charge is 0.306 e. The van der Waals surface area contributed by atoms with Crippen molar-refractivity contribution in [3.8, 4) is 0 Å². The summed E-state index contributed by atoms with van der Waals surface area (Å²) in [6, 6.07) is 8.21. The highest BCUT2D eigenvalue weighted by atomic mass is 32.2. The van der Waals surface area contributed by atoms with Crippen LogP contribution in [0.3, 0.4) is 0 Å². The first-order valence-corrected chi connectivity index (χ1v) is 12.6. The molecule has 5 heterocycles. The van der Waals surface area contributed by atoms with Gasteiger partial charge >= 0.3 is 0 Å². The maximum atomic E-state index is 13.1. The first-order chi connectivity index (χ1) is 14.3. The Morgan fingerprint density at radius 1 is 1.14 bits per heavy atom. The van der Waals surface area contributed by atoms with Crippen LogP contribution in [0, 0.1) is 0 Å². The Bertz CT molecular complexity index is 1010. The lowest BCUT2D eigenvalue weighted by atomic mass is 10.1. The van der Waals surface area contributed by atoms with Crippen LogP contribution in [-0.4, -0.2) is 37.1 Å². The Labute approximate surface area is 181 Å². The molecule has 3 aromatic heterocycles. The van der Waals surface area contributed by atoms with Gasteiger partial charge < -0.3 is 4.57 Å². The fourth-order valence-corrected chi connectivity index (χ4v) is 6.16. The van der Waals surface area contributed by atoms with E-state index in [4.69, 9.17) is 5.10 Å². The highest BCUT2D eigenvalue weighted by Crippen LogP contribution is 2.36. The topological polar surface area (TPSA) is 63.4 Å². The lowest BCUT2D eigenvalue weighted by Crippen LogP contribution is -2.28. The van der Waals surface area contributed by atoms with Crippen LogP contribution in [-0.2, 0) is 17.8 Å². The summed E-state index contributed by atoms with van der Waals surface area (Å²) in [6.07, 6.45) is 5.27. The van der Waals surface area contributed by atoms with Crippen LogP contribution in [0.4, 0.5) is 0 Å². The van der Waals surface area contributed by atoms with Crippen LogP contribution in [0.2, 0.25) is 0 Å². The number of nitrogens with zero attached hydrogens (tertiary/aromatic N) is 5. The number of fused-ring (bicyclic) bond motifs is 1. The van der Waals surface area contributed by atoms with Crippen molar-refractivity contribution in [3.05, 3.63) is 50.6 Å². The van der Waals surface area contributed by atoms with Crippen LogP contribution < -0.4 is 0 Å². The molecule has 0 aromatic carbocycles. The maximum absolute atomic E-state index is 13.1. The molecule has 0 bridgehead atoms. The van der Waals surface area contributed by atoms with Crippen LogP contribution in [0.15, 0.2) is 45.3 Å². The predicted octanol–water partition coefficient (Wildman–Crippen LogP) is 4.60. The van der Waals surface area contributed by atoms with Gasteiger partial charge in [-0.2, -0.15) is 5.10 Å². The van der Waals surface area contributed by atoms with Gasteiger partial charge in [-0.05, 0) is 35.7 Å². The SMILES string of the molecule is O=C(CSc1nnc2n1CCCCC2)N1N=C(c2cccs2)C[C@H]1c1cccs1. The minimum absolute atomic E-state index is 0.0179. The van der Waals surface area contributed by atoms with Crippen molar-refractivity contribution < 1.29 is 4.79 Å². The quantitative estimate of drug-likeness (QED) is 0.541. The molecule has 0 aliphatic carbocycles. The van der Waals surface area contributed by atoms with E-state index >= 15 is 0 Å².